The number of amides is 1. The van der Waals surface area contributed by atoms with Gasteiger partial charge in [-0.25, -0.2) is 8.42 Å². The Kier molecular flexibility index (Phi) is 6.27. The van der Waals surface area contributed by atoms with Crippen molar-refractivity contribution in [2.45, 2.75) is 24.7 Å². The van der Waals surface area contributed by atoms with Crippen molar-refractivity contribution in [2.24, 2.45) is 5.92 Å². The number of ether oxygens (including phenoxy) is 1. The van der Waals surface area contributed by atoms with E-state index in [0.717, 1.165) is 5.56 Å². The van der Waals surface area contributed by atoms with Gasteiger partial charge in [0, 0.05) is 23.8 Å². The number of benzene rings is 2. The summed E-state index contributed by atoms with van der Waals surface area (Å²) in [5.74, 6) is -0.0250. The Morgan fingerprint density at radius 3 is 2.57 bits per heavy atom. The summed E-state index contributed by atoms with van der Waals surface area (Å²) in [6.07, 6.45) is 1.27. The monoisotopic (exact) mass is 422 g/mol. The molecule has 1 fully saturated rings. The maximum atomic E-state index is 12.9. The zero-order valence-corrected chi connectivity index (χ0v) is 17.4. The molecule has 0 saturated carbocycles. The van der Waals surface area contributed by atoms with Gasteiger partial charge in [-0.05, 0) is 61.7 Å². The Morgan fingerprint density at radius 1 is 1.21 bits per heavy atom. The van der Waals surface area contributed by atoms with Crippen LogP contribution in [0.4, 0.5) is 5.69 Å². The van der Waals surface area contributed by atoms with Crippen LogP contribution in [0.15, 0.2) is 47.4 Å². The summed E-state index contributed by atoms with van der Waals surface area (Å²) in [4.78, 5) is 12.9. The van der Waals surface area contributed by atoms with Crippen molar-refractivity contribution in [1.82, 2.24) is 4.31 Å². The molecule has 2 aromatic carbocycles. The quantitative estimate of drug-likeness (QED) is 0.797. The first-order valence-corrected chi connectivity index (χ1v) is 10.8. The van der Waals surface area contributed by atoms with Crippen molar-refractivity contribution in [3.05, 3.63) is 53.1 Å². The van der Waals surface area contributed by atoms with Crippen LogP contribution in [-0.2, 0) is 14.8 Å². The largest absolute Gasteiger partial charge is 0.497 e. The number of anilines is 1. The van der Waals surface area contributed by atoms with Crippen molar-refractivity contribution in [1.29, 1.82) is 0 Å². The summed E-state index contributed by atoms with van der Waals surface area (Å²) in [6.45, 7) is 2.44. The number of rotatable bonds is 5. The highest BCUT2D eigenvalue weighted by Crippen LogP contribution is 2.26. The number of hydrogen-bond acceptors (Lipinski definition) is 4. The maximum absolute atomic E-state index is 12.9. The van der Waals surface area contributed by atoms with Crippen molar-refractivity contribution in [3.8, 4) is 5.75 Å². The lowest BCUT2D eigenvalue weighted by atomic mass is 9.98. The third kappa shape index (κ3) is 4.48. The first kappa shape index (κ1) is 20.6. The van der Waals surface area contributed by atoms with Crippen LogP contribution in [0.2, 0.25) is 5.02 Å². The predicted octanol–water partition coefficient (Wildman–Crippen LogP) is 3.70. The third-order valence-electron chi connectivity index (χ3n) is 4.89. The van der Waals surface area contributed by atoms with Crippen molar-refractivity contribution in [3.63, 3.8) is 0 Å². The summed E-state index contributed by atoms with van der Waals surface area (Å²) in [5.41, 5.74) is 1.53. The molecule has 0 bridgehead atoms. The molecule has 0 unspecified atom stereocenters. The number of methoxy groups -OCH3 is 1. The van der Waals surface area contributed by atoms with Crippen molar-refractivity contribution >= 4 is 33.2 Å². The molecule has 1 aliphatic rings. The second kappa shape index (κ2) is 8.51. The highest BCUT2D eigenvalue weighted by molar-refractivity contribution is 7.89. The Hall–Kier alpha value is -2.09. The number of halogens is 1. The second-order valence-electron chi connectivity index (χ2n) is 6.83. The standard InChI is InChI=1S/C20H23ClN2O4S/c1-14-5-6-16(12-19(14)21)22-20(24)15-4-3-11-23(13-15)28(25,26)18-9-7-17(27-2)8-10-18/h5-10,12,15H,3-4,11,13H2,1-2H3,(H,22,24)/t15-/m0/s1. The van der Waals surface area contributed by atoms with Crippen LogP contribution in [0, 0.1) is 12.8 Å². The minimum atomic E-state index is -3.66. The van der Waals surface area contributed by atoms with Gasteiger partial charge in [0.1, 0.15) is 5.75 Å². The zero-order valence-electron chi connectivity index (χ0n) is 15.8. The third-order valence-corrected chi connectivity index (χ3v) is 7.18. The van der Waals surface area contributed by atoms with Crippen LogP contribution in [0.25, 0.3) is 0 Å². The number of piperidine rings is 1. The van der Waals surface area contributed by atoms with E-state index in [-0.39, 0.29) is 17.3 Å². The molecule has 0 radical (unpaired) electrons. The fourth-order valence-electron chi connectivity index (χ4n) is 3.19. The first-order valence-electron chi connectivity index (χ1n) is 9.02. The van der Waals surface area contributed by atoms with Gasteiger partial charge in [-0.15, -0.1) is 0 Å². The van der Waals surface area contributed by atoms with E-state index in [1.807, 2.05) is 13.0 Å². The number of aryl methyl sites for hydroxylation is 1. The fraction of sp³-hybridized carbons (Fsp3) is 0.350. The van der Waals surface area contributed by atoms with Gasteiger partial charge in [0.05, 0.1) is 17.9 Å². The maximum Gasteiger partial charge on any atom is 0.243 e. The molecule has 28 heavy (non-hydrogen) atoms. The summed E-state index contributed by atoms with van der Waals surface area (Å²) in [5, 5.41) is 3.42. The van der Waals surface area contributed by atoms with Gasteiger partial charge >= 0.3 is 0 Å². The van der Waals surface area contributed by atoms with Gasteiger partial charge in [-0.1, -0.05) is 17.7 Å². The van der Waals surface area contributed by atoms with E-state index in [2.05, 4.69) is 5.32 Å². The van der Waals surface area contributed by atoms with E-state index < -0.39 is 15.9 Å². The van der Waals surface area contributed by atoms with Gasteiger partial charge in [0.25, 0.3) is 0 Å². The molecule has 1 N–H and O–H groups in total. The first-order chi connectivity index (χ1) is 13.3. The van der Waals surface area contributed by atoms with Gasteiger partial charge in [-0.3, -0.25) is 4.79 Å². The lowest BCUT2D eigenvalue weighted by Crippen LogP contribution is -2.43. The number of carbonyl (C=O) groups excluding carboxylic acids is 1. The minimum Gasteiger partial charge on any atom is -0.497 e. The Labute approximate surface area is 170 Å². The highest BCUT2D eigenvalue weighted by Gasteiger charge is 2.33. The molecular formula is C20H23ClN2O4S. The average Bonchev–Trinajstić information content (AvgIpc) is 2.71. The Morgan fingerprint density at radius 2 is 1.93 bits per heavy atom. The summed E-state index contributed by atoms with van der Waals surface area (Å²) in [6, 6.07) is 11.6. The topological polar surface area (TPSA) is 75.7 Å². The number of nitrogens with one attached hydrogen (secondary N) is 1. The molecule has 150 valence electrons. The molecule has 1 atom stereocenters. The molecule has 3 rings (SSSR count). The van der Waals surface area contributed by atoms with Crippen molar-refractivity contribution in [2.75, 3.05) is 25.5 Å². The average molecular weight is 423 g/mol. The normalized spacial score (nSPS) is 17.9. The summed E-state index contributed by atoms with van der Waals surface area (Å²) >= 11 is 6.11. The Balaban J connectivity index is 1.71. The van der Waals surface area contributed by atoms with E-state index in [4.69, 9.17) is 16.3 Å². The number of sulfonamides is 1. The van der Waals surface area contributed by atoms with Gasteiger partial charge in [0.15, 0.2) is 0 Å². The van der Waals surface area contributed by atoms with E-state index in [0.29, 0.717) is 35.8 Å². The molecule has 2 aromatic rings. The smallest absolute Gasteiger partial charge is 0.243 e. The van der Waals surface area contributed by atoms with Crippen LogP contribution in [-0.4, -0.2) is 38.8 Å². The molecule has 8 heteroatoms. The molecular weight excluding hydrogens is 400 g/mol. The number of hydrogen-bond donors (Lipinski definition) is 1. The van der Waals surface area contributed by atoms with E-state index >= 15 is 0 Å². The van der Waals surface area contributed by atoms with E-state index in [9.17, 15) is 13.2 Å². The lowest BCUT2D eigenvalue weighted by molar-refractivity contribution is -0.120. The molecule has 0 aromatic heterocycles. The van der Waals surface area contributed by atoms with Crippen LogP contribution < -0.4 is 10.1 Å². The number of carbonyl (C=O) groups is 1. The molecule has 6 nitrogen and oxygen atoms in total. The minimum absolute atomic E-state index is 0.153. The SMILES string of the molecule is COc1ccc(S(=O)(=O)N2CCC[C@H](C(=O)Nc3ccc(C)c(Cl)c3)C2)cc1. The van der Waals surface area contributed by atoms with Crippen LogP contribution in [0.3, 0.4) is 0 Å². The van der Waals surface area contributed by atoms with Gasteiger partial charge < -0.3 is 10.1 Å². The molecule has 0 aliphatic carbocycles. The van der Waals surface area contributed by atoms with E-state index in [1.54, 1.807) is 24.3 Å². The van der Waals surface area contributed by atoms with Crippen molar-refractivity contribution < 1.29 is 17.9 Å². The second-order valence-corrected chi connectivity index (χ2v) is 9.18. The summed E-state index contributed by atoms with van der Waals surface area (Å²) < 4.78 is 32.3. The predicted molar refractivity (Wildman–Crippen MR) is 109 cm³/mol. The van der Waals surface area contributed by atoms with Crippen LogP contribution in [0.5, 0.6) is 5.75 Å². The van der Waals surface area contributed by atoms with Gasteiger partial charge in [-0.2, -0.15) is 4.31 Å². The van der Waals surface area contributed by atoms with Crippen LogP contribution in [0.1, 0.15) is 18.4 Å². The molecule has 1 saturated heterocycles. The van der Waals surface area contributed by atoms with E-state index in [1.165, 1.54) is 23.5 Å². The Bertz CT molecular complexity index is 961. The van der Waals surface area contributed by atoms with Crippen LogP contribution >= 0.6 is 11.6 Å². The highest BCUT2D eigenvalue weighted by atomic mass is 35.5. The molecule has 1 amide bonds. The molecule has 1 heterocycles. The summed E-state index contributed by atoms with van der Waals surface area (Å²) in [7, 11) is -2.14. The number of nitrogens with zero attached hydrogens (tertiary/aromatic N) is 1. The molecule has 0 spiro atoms. The lowest BCUT2D eigenvalue weighted by Gasteiger charge is -2.31. The zero-order chi connectivity index (χ0) is 20.3. The fourth-order valence-corrected chi connectivity index (χ4v) is 4.89. The van der Waals surface area contributed by atoms with Gasteiger partial charge in [0.2, 0.25) is 15.9 Å². The molecule has 1 aliphatic heterocycles.